The molecule has 9 heteroatoms. The minimum atomic E-state index is -0.720. The van der Waals surface area contributed by atoms with Crippen LogP contribution in [0.1, 0.15) is 11.4 Å². The first-order valence-corrected chi connectivity index (χ1v) is 6.47. The number of nitro groups is 1. The lowest BCUT2D eigenvalue weighted by Gasteiger charge is -2.12. The third-order valence-electron chi connectivity index (χ3n) is 3.16. The SMILES string of the molecule is Cc1nn(CC(O)CNc2cnn(C)c2)c(C)c1[N+](=O)[O-]. The number of anilines is 1. The molecule has 2 N–H and O–H groups in total. The summed E-state index contributed by atoms with van der Waals surface area (Å²) in [4.78, 5) is 10.5. The Hall–Kier alpha value is -2.42. The van der Waals surface area contributed by atoms with Gasteiger partial charge in [0.1, 0.15) is 11.4 Å². The van der Waals surface area contributed by atoms with Crippen LogP contribution in [0.4, 0.5) is 11.4 Å². The lowest BCUT2D eigenvalue weighted by Crippen LogP contribution is -2.26. The van der Waals surface area contributed by atoms with Crippen molar-refractivity contribution >= 4 is 11.4 Å². The van der Waals surface area contributed by atoms with Crippen molar-refractivity contribution in [2.24, 2.45) is 7.05 Å². The zero-order valence-corrected chi connectivity index (χ0v) is 12.1. The monoisotopic (exact) mass is 294 g/mol. The summed E-state index contributed by atoms with van der Waals surface area (Å²) < 4.78 is 3.11. The Morgan fingerprint density at radius 3 is 2.76 bits per heavy atom. The molecule has 0 fully saturated rings. The summed E-state index contributed by atoms with van der Waals surface area (Å²) in [5.74, 6) is 0. The smallest absolute Gasteiger partial charge is 0.312 e. The quantitative estimate of drug-likeness (QED) is 0.596. The fourth-order valence-electron chi connectivity index (χ4n) is 2.14. The van der Waals surface area contributed by atoms with Crippen LogP contribution in [0.2, 0.25) is 0 Å². The molecule has 0 aliphatic carbocycles. The summed E-state index contributed by atoms with van der Waals surface area (Å²) >= 11 is 0. The third kappa shape index (κ3) is 3.37. The van der Waals surface area contributed by atoms with E-state index >= 15 is 0 Å². The molecule has 0 amide bonds. The zero-order valence-electron chi connectivity index (χ0n) is 12.1. The number of aromatic nitrogens is 4. The molecule has 0 aliphatic rings. The lowest BCUT2D eigenvalue weighted by molar-refractivity contribution is -0.386. The second-order valence-corrected chi connectivity index (χ2v) is 4.90. The van der Waals surface area contributed by atoms with Crippen LogP contribution < -0.4 is 5.32 Å². The molecule has 0 bridgehead atoms. The molecule has 0 radical (unpaired) electrons. The van der Waals surface area contributed by atoms with Crippen LogP contribution in [-0.4, -0.2) is 42.2 Å². The van der Waals surface area contributed by atoms with Gasteiger partial charge in [-0.25, -0.2) is 0 Å². The van der Waals surface area contributed by atoms with E-state index in [0.29, 0.717) is 17.9 Å². The molecule has 0 aromatic carbocycles. The maximum Gasteiger partial charge on any atom is 0.312 e. The van der Waals surface area contributed by atoms with E-state index in [0.717, 1.165) is 5.69 Å². The van der Waals surface area contributed by atoms with Crippen molar-refractivity contribution in [3.63, 3.8) is 0 Å². The molecule has 0 aliphatic heterocycles. The standard InChI is InChI=1S/C12H18N6O3/c1-8-12(18(20)21)9(2)17(15-8)7-11(19)5-13-10-4-14-16(3)6-10/h4,6,11,13,19H,5,7H2,1-3H3. The van der Waals surface area contributed by atoms with Gasteiger partial charge in [0, 0.05) is 19.8 Å². The first-order valence-electron chi connectivity index (χ1n) is 6.47. The maximum absolute atomic E-state index is 10.9. The van der Waals surface area contributed by atoms with Crippen molar-refractivity contribution in [3.05, 3.63) is 33.9 Å². The predicted molar refractivity (Wildman–Crippen MR) is 76.1 cm³/mol. The van der Waals surface area contributed by atoms with E-state index in [2.05, 4.69) is 15.5 Å². The summed E-state index contributed by atoms with van der Waals surface area (Å²) in [5.41, 5.74) is 1.60. The Bertz CT molecular complexity index is 647. The zero-order chi connectivity index (χ0) is 15.6. The van der Waals surface area contributed by atoms with Gasteiger partial charge in [0.15, 0.2) is 0 Å². The van der Waals surface area contributed by atoms with Crippen LogP contribution in [0.5, 0.6) is 0 Å². The fourth-order valence-corrected chi connectivity index (χ4v) is 2.14. The average Bonchev–Trinajstić information content (AvgIpc) is 2.91. The van der Waals surface area contributed by atoms with Crippen molar-refractivity contribution in [1.82, 2.24) is 19.6 Å². The molecule has 0 saturated carbocycles. The Balaban J connectivity index is 1.98. The van der Waals surface area contributed by atoms with Gasteiger partial charge in [0.05, 0.1) is 29.5 Å². The molecule has 0 saturated heterocycles. The van der Waals surface area contributed by atoms with E-state index in [4.69, 9.17) is 0 Å². The average molecular weight is 294 g/mol. The van der Waals surface area contributed by atoms with Crippen LogP contribution in [0.15, 0.2) is 12.4 Å². The van der Waals surface area contributed by atoms with Gasteiger partial charge in [-0.2, -0.15) is 10.2 Å². The normalized spacial score (nSPS) is 12.4. The number of aliphatic hydroxyl groups excluding tert-OH is 1. The Labute approximate surface area is 121 Å². The topological polar surface area (TPSA) is 111 Å². The third-order valence-corrected chi connectivity index (χ3v) is 3.16. The Kier molecular flexibility index (Phi) is 4.22. The highest BCUT2D eigenvalue weighted by Gasteiger charge is 2.22. The van der Waals surface area contributed by atoms with Crippen molar-refractivity contribution in [3.8, 4) is 0 Å². The first kappa shape index (κ1) is 15.0. The number of aliphatic hydroxyl groups is 1. The van der Waals surface area contributed by atoms with Crippen molar-refractivity contribution < 1.29 is 10.0 Å². The van der Waals surface area contributed by atoms with E-state index in [1.807, 2.05) is 0 Å². The largest absolute Gasteiger partial charge is 0.389 e. The number of hydrogen-bond acceptors (Lipinski definition) is 6. The van der Waals surface area contributed by atoms with Gasteiger partial charge in [-0.05, 0) is 13.8 Å². The summed E-state index contributed by atoms with van der Waals surface area (Å²) in [7, 11) is 1.80. The fraction of sp³-hybridized carbons (Fsp3) is 0.500. The minimum Gasteiger partial charge on any atom is -0.389 e. The van der Waals surface area contributed by atoms with Crippen molar-refractivity contribution in [1.29, 1.82) is 0 Å². The summed E-state index contributed by atoms with van der Waals surface area (Å²) in [6, 6.07) is 0. The Morgan fingerprint density at radius 1 is 1.52 bits per heavy atom. The Morgan fingerprint density at radius 2 is 2.24 bits per heavy atom. The van der Waals surface area contributed by atoms with E-state index in [1.54, 1.807) is 38.0 Å². The van der Waals surface area contributed by atoms with Gasteiger partial charge in [-0.3, -0.25) is 19.5 Å². The second-order valence-electron chi connectivity index (χ2n) is 4.90. The number of rotatable bonds is 6. The number of nitrogens with zero attached hydrogens (tertiary/aromatic N) is 5. The molecular formula is C12H18N6O3. The summed E-state index contributed by atoms with van der Waals surface area (Å²) in [6.45, 7) is 3.70. The first-order chi connectivity index (χ1) is 9.88. The van der Waals surface area contributed by atoms with E-state index in [1.165, 1.54) is 4.68 Å². The number of aryl methyl sites for hydroxylation is 2. The summed E-state index contributed by atoms with van der Waals surface area (Å²) in [6.07, 6.45) is 2.73. The molecule has 9 nitrogen and oxygen atoms in total. The van der Waals surface area contributed by atoms with Crippen LogP contribution in [0.3, 0.4) is 0 Å². The van der Waals surface area contributed by atoms with Gasteiger partial charge in [-0.1, -0.05) is 0 Å². The maximum atomic E-state index is 10.9. The molecule has 114 valence electrons. The van der Waals surface area contributed by atoms with E-state index < -0.39 is 11.0 Å². The molecule has 21 heavy (non-hydrogen) atoms. The predicted octanol–water partition coefficient (Wildman–Crippen LogP) is 0.615. The van der Waals surface area contributed by atoms with Gasteiger partial charge >= 0.3 is 5.69 Å². The molecule has 2 aromatic rings. The molecule has 2 aromatic heterocycles. The van der Waals surface area contributed by atoms with Gasteiger partial charge in [0.25, 0.3) is 0 Å². The van der Waals surface area contributed by atoms with Crippen molar-refractivity contribution in [2.75, 3.05) is 11.9 Å². The highest BCUT2D eigenvalue weighted by atomic mass is 16.6. The second kappa shape index (κ2) is 5.92. The highest BCUT2D eigenvalue weighted by Crippen LogP contribution is 2.21. The van der Waals surface area contributed by atoms with Gasteiger partial charge in [-0.15, -0.1) is 0 Å². The molecule has 1 unspecified atom stereocenters. The van der Waals surface area contributed by atoms with Gasteiger partial charge < -0.3 is 10.4 Å². The molecule has 0 spiro atoms. The lowest BCUT2D eigenvalue weighted by atomic mass is 10.3. The van der Waals surface area contributed by atoms with Crippen LogP contribution >= 0.6 is 0 Å². The van der Waals surface area contributed by atoms with E-state index in [9.17, 15) is 15.2 Å². The minimum absolute atomic E-state index is 0.00224. The van der Waals surface area contributed by atoms with Gasteiger partial charge in [0.2, 0.25) is 0 Å². The van der Waals surface area contributed by atoms with Crippen molar-refractivity contribution in [2.45, 2.75) is 26.5 Å². The molecule has 2 rings (SSSR count). The van der Waals surface area contributed by atoms with Crippen LogP contribution in [0, 0.1) is 24.0 Å². The molecule has 2 heterocycles. The summed E-state index contributed by atoms with van der Waals surface area (Å²) in [5, 5.41) is 32.1. The van der Waals surface area contributed by atoms with Crippen LogP contribution in [-0.2, 0) is 13.6 Å². The van der Waals surface area contributed by atoms with Crippen LogP contribution in [0.25, 0.3) is 0 Å². The highest BCUT2D eigenvalue weighted by molar-refractivity contribution is 5.40. The number of nitrogens with one attached hydrogen (secondary N) is 1. The molecule has 1 atom stereocenters. The molecular weight excluding hydrogens is 276 g/mol. The number of hydrogen-bond donors (Lipinski definition) is 2. The van der Waals surface area contributed by atoms with E-state index in [-0.39, 0.29) is 12.2 Å².